The lowest BCUT2D eigenvalue weighted by Gasteiger charge is -2.20. The lowest BCUT2D eigenvalue weighted by molar-refractivity contribution is -0.116. The van der Waals surface area contributed by atoms with E-state index in [0.29, 0.717) is 5.69 Å². The van der Waals surface area contributed by atoms with Gasteiger partial charge in [0.2, 0.25) is 11.3 Å². The van der Waals surface area contributed by atoms with Gasteiger partial charge >= 0.3 is 15.2 Å². The van der Waals surface area contributed by atoms with Crippen LogP contribution in [0.5, 0.6) is 0 Å². The van der Waals surface area contributed by atoms with Gasteiger partial charge in [0, 0.05) is 14.0 Å². The van der Waals surface area contributed by atoms with Gasteiger partial charge in [-0.1, -0.05) is 0 Å². The second kappa shape index (κ2) is 5.73. The summed E-state index contributed by atoms with van der Waals surface area (Å²) in [5.41, 5.74) is -0.108. The maximum absolute atomic E-state index is 11.2. The van der Waals surface area contributed by atoms with Gasteiger partial charge in [-0.25, -0.2) is 0 Å². The van der Waals surface area contributed by atoms with Crippen LogP contribution in [-0.2, 0) is 13.9 Å². The zero-order valence-corrected chi connectivity index (χ0v) is 12.4. The molecule has 1 amide bonds. The predicted molar refractivity (Wildman–Crippen MR) is 70.2 cm³/mol. The summed E-state index contributed by atoms with van der Waals surface area (Å²) in [6.07, 6.45) is 1.11. The third-order valence-corrected chi connectivity index (χ3v) is 6.14. The fourth-order valence-electron chi connectivity index (χ4n) is 1.47. The number of aromatic nitrogens is 1. The van der Waals surface area contributed by atoms with Crippen molar-refractivity contribution in [1.29, 1.82) is 0 Å². The molecule has 1 heterocycles. The molecule has 0 saturated heterocycles. The molecule has 112 valence electrons. The van der Waals surface area contributed by atoms with Crippen LogP contribution in [-0.4, -0.2) is 37.5 Å². The summed E-state index contributed by atoms with van der Waals surface area (Å²) in [6, 6.07) is 2.36. The van der Waals surface area contributed by atoms with Gasteiger partial charge in [0.05, 0.1) is 17.6 Å². The molecule has 0 radical (unpaired) electrons. The lowest BCUT2D eigenvalue weighted by Crippen LogP contribution is -2.23. The third-order valence-electron chi connectivity index (χ3n) is 2.53. The Hall–Kier alpha value is -1.08. The molecule has 0 saturated carbocycles. The first-order chi connectivity index (χ1) is 8.94. The van der Waals surface area contributed by atoms with E-state index in [2.05, 4.69) is 4.98 Å². The molecule has 1 aromatic rings. The Morgan fingerprint density at radius 3 is 2.00 bits per heavy atom. The first-order valence-electron chi connectivity index (χ1n) is 5.25. The zero-order valence-electron chi connectivity index (χ0n) is 10.6. The van der Waals surface area contributed by atoms with Gasteiger partial charge in [0.1, 0.15) is 0 Å². The SMILES string of the molecule is CC(=O)N(C)c1ccc(C(P(=O)(O)O)P(=O)(O)O)nc1. The van der Waals surface area contributed by atoms with Crippen molar-refractivity contribution >= 4 is 26.8 Å². The van der Waals surface area contributed by atoms with E-state index in [-0.39, 0.29) is 5.91 Å². The summed E-state index contributed by atoms with van der Waals surface area (Å²) < 4.78 is 22.4. The number of anilines is 1. The van der Waals surface area contributed by atoms with Gasteiger partial charge in [-0.2, -0.15) is 0 Å². The van der Waals surface area contributed by atoms with Crippen LogP contribution in [0.4, 0.5) is 5.69 Å². The van der Waals surface area contributed by atoms with Crippen molar-refractivity contribution in [2.45, 2.75) is 12.3 Å². The van der Waals surface area contributed by atoms with E-state index in [9.17, 15) is 13.9 Å². The molecule has 1 aromatic heterocycles. The highest BCUT2D eigenvalue weighted by Gasteiger charge is 2.45. The van der Waals surface area contributed by atoms with Gasteiger partial charge in [-0.3, -0.25) is 18.9 Å². The second-order valence-electron chi connectivity index (χ2n) is 4.07. The normalized spacial score (nSPS) is 12.6. The van der Waals surface area contributed by atoms with E-state index in [4.69, 9.17) is 19.6 Å². The topological polar surface area (TPSA) is 148 Å². The third kappa shape index (κ3) is 3.96. The van der Waals surface area contributed by atoms with Gasteiger partial charge < -0.3 is 24.5 Å². The fourth-order valence-corrected chi connectivity index (χ4v) is 4.03. The van der Waals surface area contributed by atoms with E-state index in [1.165, 1.54) is 24.9 Å². The van der Waals surface area contributed by atoms with E-state index >= 15 is 0 Å². The molecule has 0 aliphatic rings. The largest absolute Gasteiger partial charge is 0.346 e. The van der Waals surface area contributed by atoms with Crippen molar-refractivity contribution < 1.29 is 33.5 Å². The van der Waals surface area contributed by atoms with Gasteiger partial charge in [0.15, 0.2) is 0 Å². The maximum Gasteiger partial charge on any atom is 0.346 e. The second-order valence-corrected chi connectivity index (χ2v) is 7.87. The Kier molecular flexibility index (Phi) is 4.86. The monoisotopic (exact) mass is 324 g/mol. The van der Waals surface area contributed by atoms with Crippen LogP contribution < -0.4 is 4.90 Å². The standard InChI is InChI=1S/C9H14N2O7P2/c1-6(12)11(2)7-3-4-8(10-5-7)9(19(13,14)15)20(16,17)18/h3-5,9H,1-2H3,(H2,13,14,15)(H2,16,17,18). The van der Waals surface area contributed by atoms with Crippen LogP contribution in [0.15, 0.2) is 18.3 Å². The van der Waals surface area contributed by atoms with Crippen LogP contribution in [0.25, 0.3) is 0 Å². The number of amides is 1. The molecular weight excluding hydrogens is 310 g/mol. The summed E-state index contributed by atoms with van der Waals surface area (Å²) in [4.78, 5) is 52.2. The first-order valence-corrected chi connectivity index (χ1v) is 8.61. The predicted octanol–water partition coefficient (Wildman–Crippen LogP) is 0.418. The molecular formula is C9H14N2O7P2. The number of carbonyl (C=O) groups excluding carboxylic acids is 1. The Bertz CT molecular complexity index is 569. The molecule has 0 aromatic carbocycles. The van der Waals surface area contributed by atoms with E-state index in [0.717, 1.165) is 12.3 Å². The molecule has 0 unspecified atom stereocenters. The average molecular weight is 324 g/mol. The highest BCUT2D eigenvalue weighted by Crippen LogP contribution is 2.69. The summed E-state index contributed by atoms with van der Waals surface area (Å²) in [7, 11) is -8.71. The zero-order chi connectivity index (χ0) is 15.7. The molecule has 0 atom stereocenters. The maximum atomic E-state index is 11.2. The summed E-state index contributed by atoms with van der Waals surface area (Å²) in [5, 5.41) is -2.31. The molecule has 0 aliphatic carbocycles. The van der Waals surface area contributed by atoms with Crippen LogP contribution in [0.2, 0.25) is 0 Å². The van der Waals surface area contributed by atoms with Crippen LogP contribution in [0.3, 0.4) is 0 Å². The van der Waals surface area contributed by atoms with Crippen molar-refractivity contribution in [3.05, 3.63) is 24.0 Å². The van der Waals surface area contributed by atoms with Crippen LogP contribution >= 0.6 is 15.2 Å². The molecule has 9 nitrogen and oxygen atoms in total. The van der Waals surface area contributed by atoms with Crippen molar-refractivity contribution in [1.82, 2.24) is 4.98 Å². The molecule has 4 N–H and O–H groups in total. The van der Waals surface area contributed by atoms with Crippen molar-refractivity contribution in [2.24, 2.45) is 0 Å². The van der Waals surface area contributed by atoms with E-state index in [1.807, 2.05) is 0 Å². The molecule has 0 aliphatic heterocycles. The van der Waals surface area contributed by atoms with E-state index < -0.39 is 26.3 Å². The minimum atomic E-state index is -5.08. The molecule has 11 heteroatoms. The van der Waals surface area contributed by atoms with Gasteiger partial charge in [-0.05, 0) is 12.1 Å². The minimum Gasteiger partial charge on any atom is -0.324 e. The average Bonchev–Trinajstić information content (AvgIpc) is 2.25. The quantitative estimate of drug-likeness (QED) is 0.582. The Balaban J connectivity index is 3.23. The first kappa shape index (κ1) is 17.0. The summed E-state index contributed by atoms with van der Waals surface area (Å²) >= 11 is 0. The van der Waals surface area contributed by atoms with Crippen molar-refractivity contribution in [2.75, 3.05) is 11.9 Å². The van der Waals surface area contributed by atoms with E-state index in [1.54, 1.807) is 0 Å². The number of pyridine rings is 1. The number of hydrogen-bond donors (Lipinski definition) is 4. The Morgan fingerprint density at radius 2 is 1.70 bits per heavy atom. The van der Waals surface area contributed by atoms with Crippen LogP contribution in [0, 0.1) is 0 Å². The Morgan fingerprint density at radius 1 is 1.20 bits per heavy atom. The highest BCUT2D eigenvalue weighted by molar-refractivity contribution is 7.70. The van der Waals surface area contributed by atoms with Gasteiger partial charge in [0.25, 0.3) is 0 Å². The molecule has 0 bridgehead atoms. The lowest BCUT2D eigenvalue weighted by atomic mass is 10.3. The highest BCUT2D eigenvalue weighted by atomic mass is 31.2. The summed E-state index contributed by atoms with van der Waals surface area (Å²) in [6.45, 7) is 1.31. The fraction of sp³-hybridized carbons (Fsp3) is 0.333. The van der Waals surface area contributed by atoms with Crippen LogP contribution in [0.1, 0.15) is 18.0 Å². The smallest absolute Gasteiger partial charge is 0.324 e. The summed E-state index contributed by atoms with van der Waals surface area (Å²) in [5.74, 6) is -0.291. The number of rotatable bonds is 4. The Labute approximate surface area is 114 Å². The molecule has 1 rings (SSSR count). The molecule has 0 spiro atoms. The van der Waals surface area contributed by atoms with Gasteiger partial charge in [-0.15, -0.1) is 0 Å². The molecule has 20 heavy (non-hydrogen) atoms. The molecule has 0 fully saturated rings. The minimum absolute atomic E-state index is 0.291. The van der Waals surface area contributed by atoms with Crippen molar-refractivity contribution in [3.63, 3.8) is 0 Å². The number of nitrogens with zero attached hydrogens (tertiary/aromatic N) is 2. The van der Waals surface area contributed by atoms with Crippen molar-refractivity contribution in [3.8, 4) is 0 Å². The number of carbonyl (C=O) groups is 1. The number of hydrogen-bond acceptors (Lipinski definition) is 4.